The maximum Gasteiger partial charge on any atom is 0.328 e. The highest BCUT2D eigenvalue weighted by Crippen LogP contribution is 2.06. The number of rotatable bonds is 3. The number of hydrogen-bond donors (Lipinski definition) is 1. The molecule has 0 aliphatic carbocycles. The van der Waals surface area contributed by atoms with Gasteiger partial charge in [-0.3, -0.25) is 4.79 Å². The quantitative estimate of drug-likeness (QED) is 0.603. The van der Waals surface area contributed by atoms with Crippen LogP contribution in [0.4, 0.5) is 0 Å². The van der Waals surface area contributed by atoms with Crippen molar-refractivity contribution in [3.8, 4) is 0 Å². The van der Waals surface area contributed by atoms with Gasteiger partial charge in [0.1, 0.15) is 11.8 Å². The topological polar surface area (TPSA) is 68.5 Å². The van der Waals surface area contributed by atoms with E-state index in [1.165, 1.54) is 18.4 Å². The zero-order chi connectivity index (χ0) is 11.4. The van der Waals surface area contributed by atoms with Crippen LogP contribution in [0.2, 0.25) is 0 Å². The normalized spacial score (nSPS) is 20.0. The minimum absolute atomic E-state index is 0.333. The standard InChI is InChI=1S/C11H11NO4/c13-10(4-3-8-2-1-6-15-8)12-9-5-7-16-11(9)14/h1-4,6,9H,5,7H2,(H,12,13)/b4-3+/t9-/m0/s1. The van der Waals surface area contributed by atoms with Gasteiger partial charge >= 0.3 is 5.97 Å². The van der Waals surface area contributed by atoms with Crippen LogP contribution < -0.4 is 5.32 Å². The fraction of sp³-hybridized carbons (Fsp3) is 0.273. The van der Waals surface area contributed by atoms with Gasteiger partial charge in [-0.15, -0.1) is 0 Å². The summed E-state index contributed by atoms with van der Waals surface area (Å²) in [5.74, 6) is -0.121. The van der Waals surface area contributed by atoms with Crippen molar-refractivity contribution in [2.45, 2.75) is 12.5 Å². The average molecular weight is 221 g/mol. The minimum atomic E-state index is -0.520. The van der Waals surface area contributed by atoms with Crippen molar-refractivity contribution >= 4 is 18.0 Å². The Morgan fingerprint density at radius 3 is 3.06 bits per heavy atom. The van der Waals surface area contributed by atoms with E-state index in [2.05, 4.69) is 5.32 Å². The molecule has 1 aliphatic heterocycles. The maximum absolute atomic E-state index is 11.4. The van der Waals surface area contributed by atoms with Crippen molar-refractivity contribution in [3.63, 3.8) is 0 Å². The van der Waals surface area contributed by atoms with Gasteiger partial charge in [-0.2, -0.15) is 0 Å². The molecule has 1 atom stereocenters. The van der Waals surface area contributed by atoms with Gasteiger partial charge in [0.15, 0.2) is 0 Å². The molecular weight excluding hydrogens is 210 g/mol. The van der Waals surface area contributed by atoms with Gasteiger partial charge in [0.05, 0.1) is 12.9 Å². The van der Waals surface area contributed by atoms with E-state index >= 15 is 0 Å². The molecule has 84 valence electrons. The fourth-order valence-electron chi connectivity index (χ4n) is 1.39. The third kappa shape index (κ3) is 2.50. The van der Waals surface area contributed by atoms with Gasteiger partial charge in [-0.05, 0) is 18.2 Å². The number of carbonyl (C=O) groups is 2. The van der Waals surface area contributed by atoms with Gasteiger partial charge in [-0.25, -0.2) is 4.79 Å². The van der Waals surface area contributed by atoms with Crippen molar-refractivity contribution in [1.29, 1.82) is 0 Å². The molecule has 5 nitrogen and oxygen atoms in total. The lowest BCUT2D eigenvalue weighted by Gasteiger charge is -2.05. The summed E-state index contributed by atoms with van der Waals surface area (Å²) in [6.45, 7) is 0.367. The monoisotopic (exact) mass is 221 g/mol. The van der Waals surface area contributed by atoms with E-state index in [0.717, 1.165) is 0 Å². The lowest BCUT2D eigenvalue weighted by molar-refractivity contribution is -0.140. The summed E-state index contributed by atoms with van der Waals surface area (Å²) in [5, 5.41) is 2.55. The predicted molar refractivity (Wildman–Crippen MR) is 55.2 cm³/mol. The van der Waals surface area contributed by atoms with Gasteiger partial charge in [0.2, 0.25) is 5.91 Å². The zero-order valence-electron chi connectivity index (χ0n) is 8.51. The van der Waals surface area contributed by atoms with Crippen molar-refractivity contribution in [3.05, 3.63) is 30.2 Å². The molecule has 1 aromatic rings. The van der Waals surface area contributed by atoms with Gasteiger partial charge in [0, 0.05) is 12.5 Å². The SMILES string of the molecule is O=C(/C=C/c1ccco1)N[C@H]1CCOC1=O. The Kier molecular flexibility index (Phi) is 3.05. The molecule has 16 heavy (non-hydrogen) atoms. The Morgan fingerprint density at radius 1 is 1.56 bits per heavy atom. The minimum Gasteiger partial charge on any atom is -0.465 e. The second kappa shape index (κ2) is 4.65. The number of cyclic esters (lactones) is 1. The highest BCUT2D eigenvalue weighted by Gasteiger charge is 2.27. The number of hydrogen-bond acceptors (Lipinski definition) is 4. The zero-order valence-corrected chi connectivity index (χ0v) is 8.51. The summed E-state index contributed by atoms with van der Waals surface area (Å²) in [5.41, 5.74) is 0. The van der Waals surface area contributed by atoms with Crippen LogP contribution in [-0.4, -0.2) is 24.5 Å². The van der Waals surface area contributed by atoms with Crippen LogP contribution in [0.1, 0.15) is 12.2 Å². The molecule has 5 heteroatoms. The Bertz CT molecular complexity index is 408. The first-order valence-electron chi connectivity index (χ1n) is 4.94. The van der Waals surface area contributed by atoms with E-state index in [0.29, 0.717) is 18.8 Å². The van der Waals surface area contributed by atoms with E-state index < -0.39 is 6.04 Å². The molecule has 0 unspecified atom stereocenters. The van der Waals surface area contributed by atoms with E-state index in [-0.39, 0.29) is 11.9 Å². The Balaban J connectivity index is 1.87. The van der Waals surface area contributed by atoms with Crippen LogP contribution in [0, 0.1) is 0 Å². The number of carbonyl (C=O) groups excluding carboxylic acids is 2. The largest absolute Gasteiger partial charge is 0.465 e. The molecule has 2 rings (SSSR count). The third-order valence-electron chi connectivity index (χ3n) is 2.19. The molecule has 2 heterocycles. The van der Waals surface area contributed by atoms with E-state index in [4.69, 9.17) is 9.15 Å². The summed E-state index contributed by atoms with van der Waals surface area (Å²) < 4.78 is 9.74. The Morgan fingerprint density at radius 2 is 2.44 bits per heavy atom. The van der Waals surface area contributed by atoms with Crippen LogP contribution >= 0.6 is 0 Å². The molecule has 1 saturated heterocycles. The lowest BCUT2D eigenvalue weighted by atomic mass is 10.2. The lowest BCUT2D eigenvalue weighted by Crippen LogP contribution is -2.36. The third-order valence-corrected chi connectivity index (χ3v) is 2.19. The van der Waals surface area contributed by atoms with Crippen LogP contribution in [0.3, 0.4) is 0 Å². The van der Waals surface area contributed by atoms with Gasteiger partial charge in [-0.1, -0.05) is 0 Å². The molecule has 1 N–H and O–H groups in total. The first-order chi connectivity index (χ1) is 7.75. The van der Waals surface area contributed by atoms with E-state index in [1.54, 1.807) is 12.1 Å². The predicted octanol–water partition coefficient (Wildman–Crippen LogP) is 0.724. The summed E-state index contributed by atoms with van der Waals surface area (Å²) in [7, 11) is 0. The molecule has 1 amide bonds. The van der Waals surface area contributed by atoms with Crippen LogP contribution in [0.15, 0.2) is 28.9 Å². The van der Waals surface area contributed by atoms with Crippen LogP contribution in [0.25, 0.3) is 6.08 Å². The second-order valence-corrected chi connectivity index (χ2v) is 3.37. The van der Waals surface area contributed by atoms with Crippen LogP contribution in [-0.2, 0) is 14.3 Å². The highest BCUT2D eigenvalue weighted by molar-refractivity contribution is 5.94. The van der Waals surface area contributed by atoms with Crippen molar-refractivity contribution in [1.82, 2.24) is 5.32 Å². The molecule has 1 aliphatic rings. The Labute approximate surface area is 92.1 Å². The van der Waals surface area contributed by atoms with E-state index in [1.807, 2.05) is 0 Å². The summed E-state index contributed by atoms with van der Waals surface area (Å²) in [6, 6.07) is 2.94. The molecule has 0 aromatic carbocycles. The smallest absolute Gasteiger partial charge is 0.328 e. The van der Waals surface area contributed by atoms with E-state index in [9.17, 15) is 9.59 Å². The molecule has 0 spiro atoms. The van der Waals surface area contributed by atoms with Gasteiger partial charge in [0.25, 0.3) is 0 Å². The summed E-state index contributed by atoms with van der Waals surface area (Å²) >= 11 is 0. The summed E-state index contributed by atoms with van der Waals surface area (Å²) in [6.07, 6.45) is 4.91. The first-order valence-corrected chi connectivity index (χ1v) is 4.94. The number of nitrogens with one attached hydrogen (secondary N) is 1. The maximum atomic E-state index is 11.4. The average Bonchev–Trinajstić information content (AvgIpc) is 2.88. The fourth-order valence-corrected chi connectivity index (χ4v) is 1.39. The number of furan rings is 1. The van der Waals surface area contributed by atoms with Crippen molar-refractivity contribution < 1.29 is 18.7 Å². The van der Waals surface area contributed by atoms with Gasteiger partial charge < -0.3 is 14.5 Å². The number of amides is 1. The molecule has 0 saturated carbocycles. The highest BCUT2D eigenvalue weighted by atomic mass is 16.5. The van der Waals surface area contributed by atoms with Crippen molar-refractivity contribution in [2.75, 3.05) is 6.61 Å². The Hall–Kier alpha value is -2.04. The molecule has 1 aromatic heterocycles. The number of esters is 1. The van der Waals surface area contributed by atoms with Crippen molar-refractivity contribution in [2.24, 2.45) is 0 Å². The number of ether oxygens (including phenoxy) is 1. The molecule has 0 bridgehead atoms. The first kappa shape index (κ1) is 10.5. The molecule has 1 fully saturated rings. The van der Waals surface area contributed by atoms with Crippen LogP contribution in [0.5, 0.6) is 0 Å². The second-order valence-electron chi connectivity index (χ2n) is 3.37. The summed E-state index contributed by atoms with van der Waals surface area (Å²) in [4.78, 5) is 22.5. The molecule has 0 radical (unpaired) electrons. The molecular formula is C11H11NO4.